The number of rotatable bonds is 3. The molecule has 1 aliphatic rings. The second-order valence-electron chi connectivity index (χ2n) is 4.39. The van der Waals surface area contributed by atoms with Crippen molar-refractivity contribution in [3.63, 3.8) is 0 Å². The molecule has 0 spiro atoms. The van der Waals surface area contributed by atoms with E-state index in [4.69, 9.17) is 4.74 Å². The molecule has 1 aromatic carbocycles. The van der Waals surface area contributed by atoms with Gasteiger partial charge < -0.3 is 10.1 Å². The van der Waals surface area contributed by atoms with Crippen LogP contribution in [0.25, 0.3) is 0 Å². The summed E-state index contributed by atoms with van der Waals surface area (Å²) in [6, 6.07) is 4.97. The lowest BCUT2D eigenvalue weighted by Gasteiger charge is -2.24. The highest BCUT2D eigenvalue weighted by Crippen LogP contribution is 2.29. The molecule has 0 aromatic heterocycles. The number of aryl methyl sites for hydroxylation is 1. The van der Waals surface area contributed by atoms with Crippen molar-refractivity contribution in [3.05, 3.63) is 47.0 Å². The van der Waals surface area contributed by atoms with Crippen molar-refractivity contribution in [2.75, 3.05) is 13.7 Å². The smallest absolute Gasteiger partial charge is 0.123 e. The molecule has 17 heavy (non-hydrogen) atoms. The summed E-state index contributed by atoms with van der Waals surface area (Å²) >= 11 is 0. The van der Waals surface area contributed by atoms with E-state index in [1.165, 1.54) is 11.6 Å². The second-order valence-corrected chi connectivity index (χ2v) is 4.39. The Morgan fingerprint density at radius 1 is 1.41 bits per heavy atom. The lowest BCUT2D eigenvalue weighted by Crippen LogP contribution is -2.21. The maximum atomic E-state index is 13.3. The van der Waals surface area contributed by atoms with E-state index in [0.717, 1.165) is 30.6 Å². The van der Waals surface area contributed by atoms with Gasteiger partial charge in [0.1, 0.15) is 5.82 Å². The van der Waals surface area contributed by atoms with Gasteiger partial charge in [0.05, 0.1) is 18.9 Å². The zero-order valence-corrected chi connectivity index (χ0v) is 10.3. The molecule has 3 heteroatoms. The number of hydrogen-bond donors (Lipinski definition) is 1. The first kappa shape index (κ1) is 12.1. The van der Waals surface area contributed by atoms with Gasteiger partial charge in [0.25, 0.3) is 0 Å². The molecule has 1 atom stereocenters. The third-order valence-corrected chi connectivity index (χ3v) is 3.17. The van der Waals surface area contributed by atoms with Crippen LogP contribution in [0.3, 0.4) is 0 Å². The van der Waals surface area contributed by atoms with Crippen LogP contribution in [0.4, 0.5) is 4.39 Å². The van der Waals surface area contributed by atoms with Crippen molar-refractivity contribution < 1.29 is 9.13 Å². The van der Waals surface area contributed by atoms with Gasteiger partial charge in [0, 0.05) is 0 Å². The fraction of sp³-hybridized carbons (Fsp3) is 0.429. The SMILES string of the molecule is CNC(C1=COCCC1)c1cc(F)ccc1C. The van der Waals surface area contributed by atoms with E-state index in [-0.39, 0.29) is 11.9 Å². The fourth-order valence-corrected chi connectivity index (χ4v) is 2.26. The van der Waals surface area contributed by atoms with E-state index in [1.54, 1.807) is 6.07 Å². The van der Waals surface area contributed by atoms with Gasteiger partial charge >= 0.3 is 0 Å². The summed E-state index contributed by atoms with van der Waals surface area (Å²) < 4.78 is 18.7. The average molecular weight is 235 g/mol. The van der Waals surface area contributed by atoms with Gasteiger partial charge in [-0.3, -0.25) is 0 Å². The predicted octanol–water partition coefficient (Wildman–Crippen LogP) is 3.09. The van der Waals surface area contributed by atoms with Crippen LogP contribution in [0, 0.1) is 12.7 Å². The van der Waals surface area contributed by atoms with Crippen LogP contribution in [-0.4, -0.2) is 13.7 Å². The molecule has 0 fully saturated rings. The van der Waals surface area contributed by atoms with Crippen molar-refractivity contribution in [2.24, 2.45) is 0 Å². The molecular formula is C14H18FNO. The van der Waals surface area contributed by atoms with Crippen molar-refractivity contribution >= 4 is 0 Å². The van der Waals surface area contributed by atoms with Crippen LogP contribution in [0.15, 0.2) is 30.0 Å². The fourth-order valence-electron chi connectivity index (χ4n) is 2.26. The lowest BCUT2D eigenvalue weighted by molar-refractivity contribution is 0.220. The highest BCUT2D eigenvalue weighted by Gasteiger charge is 2.19. The average Bonchev–Trinajstić information content (AvgIpc) is 2.36. The summed E-state index contributed by atoms with van der Waals surface area (Å²) in [6.45, 7) is 2.78. The van der Waals surface area contributed by atoms with Gasteiger partial charge in [-0.2, -0.15) is 0 Å². The van der Waals surface area contributed by atoms with Crippen molar-refractivity contribution in [1.82, 2.24) is 5.32 Å². The molecule has 1 aromatic rings. The van der Waals surface area contributed by atoms with E-state index >= 15 is 0 Å². The molecule has 2 nitrogen and oxygen atoms in total. The molecule has 0 saturated heterocycles. The quantitative estimate of drug-likeness (QED) is 0.869. The number of likely N-dealkylation sites (N-methyl/N-ethyl adjacent to an activating group) is 1. The third kappa shape index (κ3) is 2.67. The number of benzene rings is 1. The minimum atomic E-state index is -0.192. The molecule has 1 heterocycles. The first-order valence-electron chi connectivity index (χ1n) is 5.96. The van der Waals surface area contributed by atoms with E-state index in [2.05, 4.69) is 5.32 Å². The van der Waals surface area contributed by atoms with E-state index in [0.29, 0.717) is 0 Å². The summed E-state index contributed by atoms with van der Waals surface area (Å²) in [5.74, 6) is -0.192. The zero-order chi connectivity index (χ0) is 12.3. The topological polar surface area (TPSA) is 21.3 Å². The van der Waals surface area contributed by atoms with Gasteiger partial charge in [-0.25, -0.2) is 4.39 Å². The Balaban J connectivity index is 2.34. The van der Waals surface area contributed by atoms with Gasteiger partial charge in [-0.05, 0) is 55.6 Å². The summed E-state index contributed by atoms with van der Waals surface area (Å²) in [6.07, 6.45) is 3.84. The van der Waals surface area contributed by atoms with Gasteiger partial charge in [0.15, 0.2) is 0 Å². The molecule has 0 saturated carbocycles. The van der Waals surface area contributed by atoms with Crippen LogP contribution in [0.2, 0.25) is 0 Å². The number of halogens is 1. The first-order chi connectivity index (χ1) is 8.22. The Hall–Kier alpha value is -1.35. The number of ether oxygens (including phenoxy) is 1. The summed E-state index contributed by atoms with van der Waals surface area (Å²) in [4.78, 5) is 0. The van der Waals surface area contributed by atoms with E-state index in [9.17, 15) is 4.39 Å². The minimum absolute atomic E-state index is 0.0472. The molecule has 1 aliphatic heterocycles. The van der Waals surface area contributed by atoms with Crippen LogP contribution < -0.4 is 5.32 Å². The van der Waals surface area contributed by atoms with E-state index in [1.807, 2.05) is 26.3 Å². The predicted molar refractivity (Wildman–Crippen MR) is 66.2 cm³/mol. The van der Waals surface area contributed by atoms with Gasteiger partial charge in [-0.15, -0.1) is 0 Å². The highest BCUT2D eigenvalue weighted by atomic mass is 19.1. The maximum absolute atomic E-state index is 13.3. The molecule has 0 amide bonds. The molecule has 92 valence electrons. The zero-order valence-electron chi connectivity index (χ0n) is 10.3. The molecule has 1 N–H and O–H groups in total. The Bertz CT molecular complexity index is 428. The summed E-state index contributed by atoms with van der Waals surface area (Å²) in [7, 11) is 1.89. The molecule has 0 bridgehead atoms. The standard InChI is InChI=1S/C14H18FNO/c1-10-5-6-12(15)8-13(10)14(16-2)11-4-3-7-17-9-11/h5-6,8-9,14,16H,3-4,7H2,1-2H3. The monoisotopic (exact) mass is 235 g/mol. The van der Waals surface area contributed by atoms with Crippen LogP contribution in [0.5, 0.6) is 0 Å². The van der Waals surface area contributed by atoms with Crippen molar-refractivity contribution in [2.45, 2.75) is 25.8 Å². The van der Waals surface area contributed by atoms with Crippen molar-refractivity contribution in [3.8, 4) is 0 Å². The lowest BCUT2D eigenvalue weighted by atomic mass is 9.92. The van der Waals surface area contributed by atoms with Crippen molar-refractivity contribution in [1.29, 1.82) is 0 Å². The molecule has 2 rings (SSSR count). The Morgan fingerprint density at radius 3 is 2.88 bits per heavy atom. The summed E-state index contributed by atoms with van der Waals surface area (Å²) in [5, 5.41) is 3.24. The minimum Gasteiger partial charge on any atom is -0.501 e. The summed E-state index contributed by atoms with van der Waals surface area (Å²) in [5.41, 5.74) is 3.27. The largest absolute Gasteiger partial charge is 0.501 e. The number of nitrogens with one attached hydrogen (secondary N) is 1. The van der Waals surface area contributed by atoms with E-state index < -0.39 is 0 Å². The molecule has 1 unspecified atom stereocenters. The molecule has 0 aliphatic carbocycles. The maximum Gasteiger partial charge on any atom is 0.123 e. The third-order valence-electron chi connectivity index (χ3n) is 3.17. The Labute approximate surface area is 101 Å². The normalized spacial score (nSPS) is 17.2. The molecule has 0 radical (unpaired) electrons. The first-order valence-corrected chi connectivity index (χ1v) is 5.96. The molecular weight excluding hydrogens is 217 g/mol. The highest BCUT2D eigenvalue weighted by molar-refractivity contribution is 5.35. The van der Waals surface area contributed by atoms with Gasteiger partial charge in [0.2, 0.25) is 0 Å². The Kier molecular flexibility index (Phi) is 3.79. The Morgan fingerprint density at radius 2 is 2.24 bits per heavy atom. The van der Waals surface area contributed by atoms with Gasteiger partial charge in [-0.1, -0.05) is 6.07 Å². The van der Waals surface area contributed by atoms with Crippen LogP contribution in [0.1, 0.15) is 30.0 Å². The second kappa shape index (κ2) is 5.32. The van der Waals surface area contributed by atoms with Crippen LogP contribution >= 0.6 is 0 Å². The number of hydrogen-bond acceptors (Lipinski definition) is 2. The van der Waals surface area contributed by atoms with Crippen LogP contribution in [-0.2, 0) is 4.74 Å².